The van der Waals surface area contributed by atoms with Crippen LogP contribution in [0.1, 0.15) is 29.3 Å². The van der Waals surface area contributed by atoms with Crippen molar-refractivity contribution in [3.05, 3.63) is 96.2 Å². The zero-order valence-corrected chi connectivity index (χ0v) is 18.2. The molecule has 1 heterocycles. The van der Waals surface area contributed by atoms with Gasteiger partial charge in [0.1, 0.15) is 17.2 Å². The van der Waals surface area contributed by atoms with Gasteiger partial charge >= 0.3 is 0 Å². The highest BCUT2D eigenvalue weighted by atomic mass is 16.5. The van der Waals surface area contributed by atoms with Gasteiger partial charge in [-0.1, -0.05) is 37.3 Å². The number of rotatable bonds is 8. The first-order valence-corrected chi connectivity index (χ1v) is 10.7. The van der Waals surface area contributed by atoms with Gasteiger partial charge in [0.05, 0.1) is 24.1 Å². The first-order valence-electron chi connectivity index (χ1n) is 10.7. The van der Waals surface area contributed by atoms with E-state index in [1.807, 2.05) is 60.8 Å². The Bertz CT molecular complexity index is 1250. The quantitative estimate of drug-likeness (QED) is 0.304. The lowest BCUT2D eigenvalue weighted by molar-refractivity contribution is 0.0952. The van der Waals surface area contributed by atoms with E-state index in [-0.39, 0.29) is 11.3 Å². The molecule has 0 bridgehead atoms. The van der Waals surface area contributed by atoms with E-state index in [0.29, 0.717) is 12.3 Å². The van der Waals surface area contributed by atoms with Crippen LogP contribution in [0.2, 0.25) is 0 Å². The number of aromatic hydroxyl groups is 1. The van der Waals surface area contributed by atoms with Crippen LogP contribution in [-0.2, 0) is 0 Å². The highest BCUT2D eigenvalue weighted by Gasteiger charge is 2.13. The van der Waals surface area contributed by atoms with Gasteiger partial charge in [0, 0.05) is 17.3 Å². The smallest absolute Gasteiger partial charge is 0.275 e. The van der Waals surface area contributed by atoms with Gasteiger partial charge in [-0.3, -0.25) is 4.79 Å². The molecule has 7 heteroatoms. The summed E-state index contributed by atoms with van der Waals surface area (Å²) in [5.41, 5.74) is 5.84. The molecule has 0 aliphatic rings. The average Bonchev–Trinajstić information content (AvgIpc) is 3.28. The van der Waals surface area contributed by atoms with Crippen LogP contribution in [-0.4, -0.2) is 33.6 Å². The number of phenolic OH excluding ortho intramolecular Hbond substituents is 1. The fourth-order valence-electron chi connectivity index (χ4n) is 3.23. The molecule has 0 spiro atoms. The first-order chi connectivity index (χ1) is 16.2. The Morgan fingerprint density at radius 1 is 1.06 bits per heavy atom. The molecule has 2 N–H and O–H groups in total. The second-order valence-corrected chi connectivity index (χ2v) is 7.30. The van der Waals surface area contributed by atoms with Crippen molar-refractivity contribution in [2.24, 2.45) is 5.10 Å². The monoisotopic (exact) mass is 440 g/mol. The Kier molecular flexibility index (Phi) is 6.80. The normalized spacial score (nSPS) is 10.9. The molecule has 33 heavy (non-hydrogen) atoms. The minimum absolute atomic E-state index is 0.104. The SMILES string of the molecule is CCCOc1ccc(-c2nn(-c3ccccc3)cc2/C=N/NC(=O)c2ccccc2O)cc1. The highest BCUT2D eigenvalue weighted by molar-refractivity contribution is 5.97. The number of carbonyl (C=O) groups is 1. The van der Waals surface area contributed by atoms with Crippen molar-refractivity contribution < 1.29 is 14.6 Å². The van der Waals surface area contributed by atoms with Gasteiger partial charge in [-0.25, -0.2) is 10.1 Å². The third-order valence-electron chi connectivity index (χ3n) is 4.88. The van der Waals surface area contributed by atoms with E-state index in [4.69, 9.17) is 9.84 Å². The highest BCUT2D eigenvalue weighted by Crippen LogP contribution is 2.25. The zero-order chi connectivity index (χ0) is 23.0. The summed E-state index contributed by atoms with van der Waals surface area (Å²) in [6.45, 7) is 2.73. The van der Waals surface area contributed by atoms with Crippen molar-refractivity contribution in [2.45, 2.75) is 13.3 Å². The molecule has 0 unspecified atom stereocenters. The summed E-state index contributed by atoms with van der Waals surface area (Å²) in [6.07, 6.45) is 4.33. The van der Waals surface area contributed by atoms with E-state index < -0.39 is 5.91 Å². The van der Waals surface area contributed by atoms with Gasteiger partial charge in [-0.2, -0.15) is 10.2 Å². The van der Waals surface area contributed by atoms with E-state index in [0.717, 1.165) is 29.0 Å². The fourth-order valence-corrected chi connectivity index (χ4v) is 3.23. The van der Waals surface area contributed by atoms with Gasteiger partial charge in [0.15, 0.2) is 0 Å². The Labute approximate surface area is 192 Å². The zero-order valence-electron chi connectivity index (χ0n) is 18.2. The first kappa shape index (κ1) is 21.8. The average molecular weight is 441 g/mol. The Morgan fingerprint density at radius 3 is 2.52 bits per heavy atom. The van der Waals surface area contributed by atoms with Crippen LogP contribution in [0.25, 0.3) is 16.9 Å². The van der Waals surface area contributed by atoms with E-state index in [2.05, 4.69) is 17.5 Å². The number of amides is 1. The molecule has 4 rings (SSSR count). The summed E-state index contributed by atoms with van der Waals surface area (Å²) >= 11 is 0. The van der Waals surface area contributed by atoms with Gasteiger partial charge in [0.2, 0.25) is 0 Å². The molecule has 0 fully saturated rings. The standard InChI is InChI=1S/C26H24N4O3/c1-2-16-33-22-14-12-19(13-15-22)25-20(18-30(29-25)21-8-4-3-5-9-21)17-27-28-26(32)23-10-6-7-11-24(23)31/h3-15,17-18,31H,2,16H2,1H3,(H,28,32)/b27-17+. The van der Waals surface area contributed by atoms with Crippen LogP contribution in [0.4, 0.5) is 0 Å². The molecule has 4 aromatic rings. The predicted octanol–water partition coefficient (Wildman–Crippen LogP) is 4.80. The van der Waals surface area contributed by atoms with Crippen molar-refractivity contribution in [3.63, 3.8) is 0 Å². The maximum atomic E-state index is 12.3. The van der Waals surface area contributed by atoms with E-state index in [9.17, 15) is 9.90 Å². The number of aromatic nitrogens is 2. The largest absolute Gasteiger partial charge is 0.507 e. The predicted molar refractivity (Wildman–Crippen MR) is 128 cm³/mol. The number of hydrogen-bond acceptors (Lipinski definition) is 5. The van der Waals surface area contributed by atoms with Crippen LogP contribution in [0.5, 0.6) is 11.5 Å². The Balaban J connectivity index is 1.62. The van der Waals surface area contributed by atoms with Crippen molar-refractivity contribution in [1.82, 2.24) is 15.2 Å². The number of nitrogens with zero attached hydrogens (tertiary/aromatic N) is 3. The molecule has 0 saturated heterocycles. The van der Waals surface area contributed by atoms with E-state index >= 15 is 0 Å². The minimum atomic E-state index is -0.501. The van der Waals surface area contributed by atoms with Crippen molar-refractivity contribution in [2.75, 3.05) is 6.61 Å². The number of carbonyl (C=O) groups excluding carboxylic acids is 1. The maximum absolute atomic E-state index is 12.3. The van der Waals surface area contributed by atoms with E-state index in [1.165, 1.54) is 12.1 Å². The minimum Gasteiger partial charge on any atom is -0.507 e. The fraction of sp³-hybridized carbons (Fsp3) is 0.115. The molecule has 0 aliphatic heterocycles. The lowest BCUT2D eigenvalue weighted by atomic mass is 10.1. The van der Waals surface area contributed by atoms with Crippen molar-refractivity contribution in [1.29, 1.82) is 0 Å². The number of phenols is 1. The second-order valence-electron chi connectivity index (χ2n) is 7.30. The van der Waals surface area contributed by atoms with Gasteiger partial charge in [-0.15, -0.1) is 0 Å². The summed E-state index contributed by atoms with van der Waals surface area (Å²) in [5.74, 6) is 0.195. The lowest BCUT2D eigenvalue weighted by Crippen LogP contribution is -2.17. The summed E-state index contributed by atoms with van der Waals surface area (Å²) in [5, 5.41) is 18.7. The van der Waals surface area contributed by atoms with Gasteiger partial charge < -0.3 is 9.84 Å². The number of ether oxygens (including phenoxy) is 1. The third-order valence-corrected chi connectivity index (χ3v) is 4.88. The van der Waals surface area contributed by atoms with Crippen LogP contribution in [0.3, 0.4) is 0 Å². The van der Waals surface area contributed by atoms with Gasteiger partial charge in [0.25, 0.3) is 5.91 Å². The molecule has 0 aliphatic carbocycles. The molecule has 0 saturated carbocycles. The molecular weight excluding hydrogens is 416 g/mol. The molecule has 166 valence electrons. The summed E-state index contributed by atoms with van der Waals surface area (Å²) in [7, 11) is 0. The lowest BCUT2D eigenvalue weighted by Gasteiger charge is -2.05. The van der Waals surface area contributed by atoms with Crippen LogP contribution in [0.15, 0.2) is 90.2 Å². The molecule has 0 radical (unpaired) electrons. The molecule has 1 aromatic heterocycles. The molecule has 7 nitrogen and oxygen atoms in total. The number of para-hydroxylation sites is 2. The number of benzene rings is 3. The third kappa shape index (κ3) is 5.27. The van der Waals surface area contributed by atoms with Gasteiger partial charge in [-0.05, 0) is 55.0 Å². The summed E-state index contributed by atoms with van der Waals surface area (Å²) < 4.78 is 7.44. The molecular formula is C26H24N4O3. The number of hydrazone groups is 1. The number of nitrogens with one attached hydrogen (secondary N) is 1. The molecule has 3 aromatic carbocycles. The molecule has 0 atom stereocenters. The van der Waals surface area contributed by atoms with E-state index in [1.54, 1.807) is 23.0 Å². The summed E-state index contributed by atoms with van der Waals surface area (Å²) in [6, 6.07) is 23.8. The van der Waals surface area contributed by atoms with Crippen LogP contribution >= 0.6 is 0 Å². The van der Waals surface area contributed by atoms with Crippen molar-refractivity contribution in [3.8, 4) is 28.4 Å². The van der Waals surface area contributed by atoms with Crippen molar-refractivity contribution >= 4 is 12.1 Å². The Hall–Kier alpha value is -4.39. The van der Waals surface area contributed by atoms with Crippen LogP contribution in [0, 0.1) is 0 Å². The molecule has 1 amide bonds. The summed E-state index contributed by atoms with van der Waals surface area (Å²) in [4.78, 5) is 12.3. The topological polar surface area (TPSA) is 88.7 Å². The Morgan fingerprint density at radius 2 is 1.79 bits per heavy atom. The van der Waals surface area contributed by atoms with Crippen LogP contribution < -0.4 is 10.2 Å². The second kappa shape index (κ2) is 10.3. The number of hydrogen-bond donors (Lipinski definition) is 2. The maximum Gasteiger partial charge on any atom is 0.275 e.